The molecule has 2 heterocycles. The van der Waals surface area contributed by atoms with Gasteiger partial charge in [0.15, 0.2) is 11.5 Å². The molecule has 0 amide bonds. The number of hydrogen-bond acceptors (Lipinski definition) is 5. The van der Waals surface area contributed by atoms with E-state index in [9.17, 15) is 9.90 Å². The maximum absolute atomic E-state index is 11.9. The molecule has 0 radical (unpaired) electrons. The van der Waals surface area contributed by atoms with Crippen molar-refractivity contribution in [2.45, 2.75) is 71.4 Å². The highest BCUT2D eigenvalue weighted by Gasteiger charge is 2.28. The Bertz CT molecular complexity index is 1240. The molecule has 2 aliphatic rings. The average Bonchev–Trinajstić information content (AvgIpc) is 3.17. The fourth-order valence-electron chi connectivity index (χ4n) is 5.55. The molecule has 1 atom stereocenters. The fourth-order valence-corrected chi connectivity index (χ4v) is 5.55. The highest BCUT2D eigenvalue weighted by Crippen LogP contribution is 2.36. The second kappa shape index (κ2) is 9.80. The monoisotopic (exact) mass is 473 g/mol. The molecule has 1 aromatic carbocycles. The predicted molar refractivity (Wildman–Crippen MR) is 139 cm³/mol. The number of nitrogens with zero attached hydrogens (tertiary/aromatic N) is 4. The molecule has 2 aliphatic carbocycles. The Morgan fingerprint density at radius 1 is 1.20 bits per heavy atom. The number of fused-ring (bicyclic) bond motifs is 1. The molecule has 2 saturated carbocycles. The predicted octanol–water partition coefficient (Wildman–Crippen LogP) is 6.09. The van der Waals surface area contributed by atoms with Crippen molar-refractivity contribution < 1.29 is 9.90 Å². The van der Waals surface area contributed by atoms with Crippen LogP contribution in [-0.4, -0.2) is 36.6 Å². The Labute approximate surface area is 206 Å². The van der Waals surface area contributed by atoms with E-state index in [0.717, 1.165) is 54.7 Å². The van der Waals surface area contributed by atoms with Gasteiger partial charge in [-0.05, 0) is 76.2 Å². The van der Waals surface area contributed by atoms with Crippen LogP contribution in [0, 0.1) is 24.7 Å². The van der Waals surface area contributed by atoms with E-state index in [4.69, 9.17) is 4.98 Å². The standard InChI is InChI=1S/C28H35N5O2/c1-4-19-11-13-20(14-12-19)16-33-23-24(29-18(3)21-8-6-9-21)30-26(28(34)35)31-25(23)32-27(33)22-10-5-7-17(2)15-22/h4-5,7,10,15,18-21H,1,6,8-9,11-14,16H2,2-3H3,(H,34,35)(H,29,30,31)/t18-,19?,20?/m1/s1. The number of aromatic carboxylic acids is 1. The lowest BCUT2D eigenvalue weighted by atomic mass is 9.80. The van der Waals surface area contributed by atoms with Crippen LogP contribution < -0.4 is 5.32 Å². The molecule has 184 valence electrons. The van der Waals surface area contributed by atoms with E-state index in [1.54, 1.807) is 0 Å². The van der Waals surface area contributed by atoms with Gasteiger partial charge < -0.3 is 15.0 Å². The van der Waals surface area contributed by atoms with E-state index in [2.05, 4.69) is 64.6 Å². The quantitative estimate of drug-likeness (QED) is 0.384. The summed E-state index contributed by atoms with van der Waals surface area (Å²) in [6.07, 6.45) is 10.3. The lowest BCUT2D eigenvalue weighted by molar-refractivity contribution is 0.0684. The van der Waals surface area contributed by atoms with Crippen molar-refractivity contribution in [1.29, 1.82) is 0 Å². The smallest absolute Gasteiger partial charge is 0.374 e. The number of aromatic nitrogens is 4. The van der Waals surface area contributed by atoms with Crippen LogP contribution in [0.2, 0.25) is 0 Å². The maximum atomic E-state index is 11.9. The summed E-state index contributed by atoms with van der Waals surface area (Å²) in [5, 5.41) is 13.3. The van der Waals surface area contributed by atoms with Gasteiger partial charge in [0.25, 0.3) is 0 Å². The van der Waals surface area contributed by atoms with Crippen molar-refractivity contribution in [2.24, 2.45) is 17.8 Å². The SMILES string of the molecule is C=CC1CCC(Cn2c(-c3cccc(C)c3)nc3nc(C(=O)O)nc(N[C@H](C)C4CCC4)c32)CC1. The van der Waals surface area contributed by atoms with Crippen LogP contribution in [-0.2, 0) is 6.54 Å². The second-order valence-electron chi connectivity index (χ2n) is 10.4. The van der Waals surface area contributed by atoms with Gasteiger partial charge in [-0.3, -0.25) is 0 Å². The zero-order valence-corrected chi connectivity index (χ0v) is 20.7. The van der Waals surface area contributed by atoms with Crippen molar-refractivity contribution in [3.8, 4) is 11.4 Å². The minimum atomic E-state index is -1.14. The van der Waals surface area contributed by atoms with Crippen LogP contribution >= 0.6 is 0 Å². The van der Waals surface area contributed by atoms with Gasteiger partial charge in [-0.2, -0.15) is 0 Å². The minimum Gasteiger partial charge on any atom is -0.475 e. The number of rotatable bonds is 8. The average molecular weight is 474 g/mol. The summed E-state index contributed by atoms with van der Waals surface area (Å²) in [6, 6.07) is 8.51. The molecule has 7 heteroatoms. The summed E-state index contributed by atoms with van der Waals surface area (Å²) < 4.78 is 2.24. The number of anilines is 1. The Morgan fingerprint density at radius 3 is 2.60 bits per heavy atom. The van der Waals surface area contributed by atoms with E-state index in [0.29, 0.717) is 29.2 Å². The van der Waals surface area contributed by atoms with Gasteiger partial charge in [0.05, 0.1) is 0 Å². The first-order valence-corrected chi connectivity index (χ1v) is 12.9. The molecule has 2 aromatic heterocycles. The number of carboxylic acid groups (broad SMARTS) is 1. The van der Waals surface area contributed by atoms with E-state index in [1.165, 1.54) is 19.3 Å². The lowest BCUT2D eigenvalue weighted by Crippen LogP contribution is -2.31. The maximum Gasteiger partial charge on any atom is 0.374 e. The highest BCUT2D eigenvalue weighted by atomic mass is 16.4. The Balaban J connectivity index is 1.62. The van der Waals surface area contributed by atoms with E-state index in [-0.39, 0.29) is 11.9 Å². The number of carboxylic acids is 1. The number of hydrogen-bond donors (Lipinski definition) is 2. The van der Waals surface area contributed by atoms with Gasteiger partial charge in [-0.1, -0.05) is 36.3 Å². The number of imidazole rings is 1. The Hall–Kier alpha value is -3.22. The molecule has 0 saturated heterocycles. The number of nitrogens with one attached hydrogen (secondary N) is 1. The van der Waals surface area contributed by atoms with Crippen molar-refractivity contribution in [3.63, 3.8) is 0 Å². The summed E-state index contributed by atoms with van der Waals surface area (Å²) in [6.45, 7) is 9.03. The molecule has 5 rings (SSSR count). The molecule has 2 N–H and O–H groups in total. The zero-order valence-electron chi connectivity index (χ0n) is 20.7. The first-order valence-electron chi connectivity index (χ1n) is 12.9. The molecule has 3 aromatic rings. The van der Waals surface area contributed by atoms with E-state index < -0.39 is 5.97 Å². The van der Waals surface area contributed by atoms with Crippen LogP contribution in [0.3, 0.4) is 0 Å². The van der Waals surface area contributed by atoms with Gasteiger partial charge in [0, 0.05) is 18.2 Å². The molecule has 0 unspecified atom stereocenters. The molecule has 35 heavy (non-hydrogen) atoms. The minimum absolute atomic E-state index is 0.206. The normalized spacial score (nSPS) is 21.4. The van der Waals surface area contributed by atoms with Crippen LogP contribution in [0.4, 0.5) is 5.82 Å². The molecule has 0 aliphatic heterocycles. The molecule has 2 fully saturated rings. The second-order valence-corrected chi connectivity index (χ2v) is 10.4. The van der Waals surface area contributed by atoms with Crippen LogP contribution in [0.5, 0.6) is 0 Å². The first-order chi connectivity index (χ1) is 16.9. The largest absolute Gasteiger partial charge is 0.475 e. The van der Waals surface area contributed by atoms with E-state index >= 15 is 0 Å². The summed E-state index contributed by atoms with van der Waals surface area (Å²) in [7, 11) is 0. The lowest BCUT2D eigenvalue weighted by Gasteiger charge is -2.32. The third kappa shape index (κ3) is 4.81. The number of aryl methyl sites for hydroxylation is 1. The van der Waals surface area contributed by atoms with Gasteiger partial charge in [0.1, 0.15) is 11.3 Å². The topological polar surface area (TPSA) is 92.9 Å². The number of carbonyl (C=O) groups is 1. The van der Waals surface area contributed by atoms with E-state index in [1.807, 2.05) is 6.07 Å². The van der Waals surface area contributed by atoms with Gasteiger partial charge in [-0.15, -0.1) is 6.58 Å². The van der Waals surface area contributed by atoms with Crippen LogP contribution in [0.25, 0.3) is 22.6 Å². The molecule has 0 spiro atoms. The number of allylic oxidation sites excluding steroid dienone is 1. The molecule has 0 bridgehead atoms. The summed E-state index contributed by atoms with van der Waals surface area (Å²) >= 11 is 0. The zero-order chi connectivity index (χ0) is 24.5. The van der Waals surface area contributed by atoms with Crippen LogP contribution in [0.1, 0.15) is 68.1 Å². The van der Waals surface area contributed by atoms with Crippen molar-refractivity contribution in [1.82, 2.24) is 19.5 Å². The summed E-state index contributed by atoms with van der Waals surface area (Å²) in [5.41, 5.74) is 3.42. The van der Waals surface area contributed by atoms with Gasteiger partial charge in [0.2, 0.25) is 5.82 Å². The third-order valence-corrected chi connectivity index (χ3v) is 7.96. The molecular weight excluding hydrogens is 438 g/mol. The van der Waals surface area contributed by atoms with Gasteiger partial charge >= 0.3 is 5.97 Å². The van der Waals surface area contributed by atoms with Crippen molar-refractivity contribution in [2.75, 3.05) is 5.32 Å². The first kappa shape index (κ1) is 23.5. The Kier molecular flexibility index (Phi) is 6.58. The number of benzene rings is 1. The summed E-state index contributed by atoms with van der Waals surface area (Å²) in [5.74, 6) is 1.75. The molecular formula is C28H35N5O2. The Morgan fingerprint density at radius 2 is 1.97 bits per heavy atom. The van der Waals surface area contributed by atoms with Crippen molar-refractivity contribution >= 4 is 23.0 Å². The fraction of sp³-hybridized carbons (Fsp3) is 0.500. The summed E-state index contributed by atoms with van der Waals surface area (Å²) in [4.78, 5) is 25.6. The third-order valence-electron chi connectivity index (χ3n) is 7.96. The van der Waals surface area contributed by atoms with Crippen LogP contribution in [0.15, 0.2) is 36.9 Å². The highest BCUT2D eigenvalue weighted by molar-refractivity contribution is 5.92. The molecule has 7 nitrogen and oxygen atoms in total. The van der Waals surface area contributed by atoms with Crippen molar-refractivity contribution in [3.05, 3.63) is 48.3 Å². The van der Waals surface area contributed by atoms with Gasteiger partial charge in [-0.25, -0.2) is 19.7 Å².